The van der Waals surface area contributed by atoms with Crippen molar-refractivity contribution in [3.8, 4) is 0 Å². The molecule has 0 amide bonds. The molecule has 3 nitrogen and oxygen atoms in total. The maximum atomic E-state index is 5.60. The van der Waals surface area contributed by atoms with Crippen LogP contribution in [-0.4, -0.2) is 10.2 Å². The molecule has 0 aliphatic rings. The van der Waals surface area contributed by atoms with E-state index in [0.717, 1.165) is 9.26 Å². The van der Waals surface area contributed by atoms with Crippen molar-refractivity contribution in [1.29, 1.82) is 0 Å². The van der Waals surface area contributed by atoms with Gasteiger partial charge in [0.1, 0.15) is 0 Å². The predicted molar refractivity (Wildman–Crippen MR) is 44.2 cm³/mol. The molecule has 0 saturated heterocycles. The van der Waals surface area contributed by atoms with Crippen molar-refractivity contribution in [3.63, 3.8) is 0 Å². The van der Waals surface area contributed by atoms with Crippen molar-refractivity contribution in [2.24, 2.45) is 5.73 Å². The smallest absolute Gasteiger partial charge is 0.164 e. The Labute approximate surface area is 71.1 Å². The van der Waals surface area contributed by atoms with E-state index in [1.165, 1.54) is 0 Å². The van der Waals surface area contributed by atoms with Gasteiger partial charge in [0.2, 0.25) is 0 Å². The second kappa shape index (κ2) is 2.85. The van der Waals surface area contributed by atoms with Crippen LogP contribution in [0.3, 0.4) is 0 Å². The minimum absolute atomic E-state index is 0.456. The van der Waals surface area contributed by atoms with Crippen LogP contribution in [0.15, 0.2) is 0 Å². The molecule has 1 rings (SSSR count). The largest absolute Gasteiger partial charge is 0.325 e. The zero-order chi connectivity index (χ0) is 6.85. The Balaban J connectivity index is 3.04. The topological polar surface area (TPSA) is 54.7 Å². The predicted octanol–water partition coefficient (Wildman–Crippen LogP) is 1.13. The number of aromatic amines is 1. The Hall–Kier alpha value is 0.190. The zero-order valence-corrected chi connectivity index (χ0v) is 7.40. The van der Waals surface area contributed by atoms with Crippen molar-refractivity contribution in [3.05, 3.63) is 14.4 Å². The van der Waals surface area contributed by atoms with Crippen LogP contribution in [0.5, 0.6) is 0 Å². The van der Waals surface area contributed by atoms with Crippen LogP contribution < -0.4 is 5.73 Å². The summed E-state index contributed by atoms with van der Waals surface area (Å²) < 4.78 is 0.914. The molecule has 5 heteroatoms. The molecule has 0 aliphatic carbocycles. The van der Waals surface area contributed by atoms with Crippen LogP contribution in [0.4, 0.5) is 0 Å². The highest BCUT2D eigenvalue weighted by atomic mass is 127. The van der Waals surface area contributed by atoms with Crippen LogP contribution >= 0.6 is 34.2 Å². The van der Waals surface area contributed by atoms with Gasteiger partial charge in [0, 0.05) is 6.54 Å². The van der Waals surface area contributed by atoms with E-state index in [0.29, 0.717) is 11.7 Å². The number of nitrogens with two attached hydrogens (primary N) is 1. The highest BCUT2D eigenvalue weighted by molar-refractivity contribution is 14.1. The molecule has 0 bridgehead atoms. The third-order valence-corrected chi connectivity index (χ3v) is 2.69. The third-order valence-electron chi connectivity index (χ3n) is 0.939. The number of H-pyrrole nitrogens is 1. The van der Waals surface area contributed by atoms with Gasteiger partial charge < -0.3 is 5.73 Å². The molecule has 1 heterocycles. The maximum Gasteiger partial charge on any atom is 0.164 e. The van der Waals surface area contributed by atoms with E-state index < -0.39 is 0 Å². The molecule has 0 saturated carbocycles. The number of rotatable bonds is 1. The Morgan fingerprint density at radius 3 is 2.67 bits per heavy atom. The van der Waals surface area contributed by atoms with Gasteiger partial charge in [-0.3, -0.25) is 5.10 Å². The van der Waals surface area contributed by atoms with Gasteiger partial charge in [-0.15, -0.1) is 0 Å². The lowest BCUT2D eigenvalue weighted by molar-refractivity contribution is 0.944. The van der Waals surface area contributed by atoms with Gasteiger partial charge in [-0.1, -0.05) is 11.6 Å². The summed E-state index contributed by atoms with van der Waals surface area (Å²) in [7, 11) is 0. The van der Waals surface area contributed by atoms with Crippen molar-refractivity contribution in [2.75, 3.05) is 0 Å². The Bertz CT molecular complexity index is 210. The standard InChI is InChI=1S/C4H5ClIN3/c5-4-3(6)2(1-7)8-9-4/h1,7H2,(H,8,9). The van der Waals surface area contributed by atoms with Crippen LogP contribution in [0.1, 0.15) is 5.69 Å². The monoisotopic (exact) mass is 257 g/mol. The van der Waals surface area contributed by atoms with E-state index >= 15 is 0 Å². The van der Waals surface area contributed by atoms with E-state index in [1.54, 1.807) is 0 Å². The van der Waals surface area contributed by atoms with Gasteiger partial charge in [-0.2, -0.15) is 5.10 Å². The summed E-state index contributed by atoms with van der Waals surface area (Å²) in [6.45, 7) is 0.456. The van der Waals surface area contributed by atoms with Gasteiger partial charge in [-0.25, -0.2) is 0 Å². The van der Waals surface area contributed by atoms with Crippen LogP contribution in [0.25, 0.3) is 0 Å². The second-order valence-electron chi connectivity index (χ2n) is 1.51. The Kier molecular flexibility index (Phi) is 2.31. The summed E-state index contributed by atoms with van der Waals surface area (Å²) in [5, 5.41) is 6.95. The van der Waals surface area contributed by atoms with Gasteiger partial charge in [-0.05, 0) is 22.6 Å². The molecule has 0 unspecified atom stereocenters. The van der Waals surface area contributed by atoms with Crippen molar-refractivity contribution >= 4 is 34.2 Å². The molecule has 1 aromatic rings. The number of hydrogen-bond donors (Lipinski definition) is 2. The highest BCUT2D eigenvalue weighted by Crippen LogP contribution is 2.17. The minimum Gasteiger partial charge on any atom is -0.325 e. The summed E-state index contributed by atoms with van der Waals surface area (Å²) >= 11 is 7.70. The van der Waals surface area contributed by atoms with Gasteiger partial charge >= 0.3 is 0 Å². The fourth-order valence-electron chi connectivity index (χ4n) is 0.474. The van der Waals surface area contributed by atoms with Crippen LogP contribution in [0, 0.1) is 3.57 Å². The average Bonchev–Trinajstić information content (AvgIpc) is 2.15. The van der Waals surface area contributed by atoms with Gasteiger partial charge in [0.05, 0.1) is 9.26 Å². The zero-order valence-electron chi connectivity index (χ0n) is 4.49. The summed E-state index contributed by atoms with van der Waals surface area (Å²) in [5.74, 6) is 0. The molecule has 0 aliphatic heterocycles. The molecule has 0 fully saturated rings. The lowest BCUT2D eigenvalue weighted by Crippen LogP contribution is -1.97. The molecular formula is C4H5ClIN3. The molecule has 3 N–H and O–H groups in total. The molecular weight excluding hydrogens is 252 g/mol. The van der Waals surface area contributed by atoms with Crippen LogP contribution in [-0.2, 0) is 6.54 Å². The van der Waals surface area contributed by atoms with Gasteiger partial charge in [0.15, 0.2) is 5.15 Å². The minimum atomic E-state index is 0.456. The SMILES string of the molecule is NCc1[nH]nc(Cl)c1I. The number of aromatic nitrogens is 2. The molecule has 50 valence electrons. The normalized spacial score (nSPS) is 10.1. The van der Waals surface area contributed by atoms with E-state index in [2.05, 4.69) is 32.8 Å². The van der Waals surface area contributed by atoms with Crippen molar-refractivity contribution in [2.45, 2.75) is 6.54 Å². The first-order valence-electron chi connectivity index (χ1n) is 2.34. The molecule has 1 aromatic heterocycles. The molecule has 9 heavy (non-hydrogen) atoms. The number of halogens is 2. The molecule has 0 aromatic carbocycles. The van der Waals surface area contributed by atoms with E-state index in [9.17, 15) is 0 Å². The van der Waals surface area contributed by atoms with Crippen molar-refractivity contribution in [1.82, 2.24) is 10.2 Å². The summed E-state index contributed by atoms with van der Waals surface area (Å²) in [6, 6.07) is 0. The lowest BCUT2D eigenvalue weighted by atomic mass is 10.4. The number of nitrogens with one attached hydrogen (secondary N) is 1. The second-order valence-corrected chi connectivity index (χ2v) is 2.95. The van der Waals surface area contributed by atoms with E-state index in [1.807, 2.05) is 0 Å². The molecule has 0 radical (unpaired) electrons. The first-order valence-corrected chi connectivity index (χ1v) is 3.79. The maximum absolute atomic E-state index is 5.60. The third kappa shape index (κ3) is 1.36. The van der Waals surface area contributed by atoms with E-state index in [-0.39, 0.29) is 0 Å². The fraction of sp³-hybridized carbons (Fsp3) is 0.250. The number of hydrogen-bond acceptors (Lipinski definition) is 2. The van der Waals surface area contributed by atoms with Crippen LogP contribution in [0.2, 0.25) is 5.15 Å². The Morgan fingerprint density at radius 2 is 2.44 bits per heavy atom. The summed E-state index contributed by atoms with van der Waals surface area (Å²) in [6.07, 6.45) is 0. The summed E-state index contributed by atoms with van der Waals surface area (Å²) in [4.78, 5) is 0. The number of nitrogens with zero attached hydrogens (tertiary/aromatic N) is 1. The first-order chi connectivity index (χ1) is 4.25. The van der Waals surface area contributed by atoms with Gasteiger partial charge in [0.25, 0.3) is 0 Å². The Morgan fingerprint density at radius 1 is 1.78 bits per heavy atom. The lowest BCUT2D eigenvalue weighted by Gasteiger charge is -1.86. The first kappa shape index (κ1) is 7.30. The summed E-state index contributed by atoms with van der Waals surface area (Å²) in [5.41, 5.74) is 6.22. The highest BCUT2D eigenvalue weighted by Gasteiger charge is 2.04. The fourth-order valence-corrected chi connectivity index (χ4v) is 1.09. The van der Waals surface area contributed by atoms with E-state index in [4.69, 9.17) is 17.3 Å². The average molecular weight is 257 g/mol. The molecule has 0 atom stereocenters. The quantitative estimate of drug-likeness (QED) is 0.741. The van der Waals surface area contributed by atoms with Crippen molar-refractivity contribution < 1.29 is 0 Å². The molecule has 0 spiro atoms.